The van der Waals surface area contributed by atoms with Crippen LogP contribution in [-0.4, -0.2) is 96.7 Å². The molecule has 0 aromatic carbocycles. The van der Waals surface area contributed by atoms with E-state index in [0.29, 0.717) is 25.7 Å². The third kappa shape index (κ3) is 61.3. The molecule has 0 aliphatic heterocycles. The summed E-state index contributed by atoms with van der Waals surface area (Å²) in [5.74, 6) is 0.828. The fourth-order valence-electron chi connectivity index (χ4n) is 10.1. The summed E-state index contributed by atoms with van der Waals surface area (Å²) < 4.78 is 68.2. The molecule has 0 aromatic heterocycles. The number of hydrogen-bond acceptors (Lipinski definition) is 15. The maximum Gasteiger partial charge on any atom is 0.472 e. The summed E-state index contributed by atoms with van der Waals surface area (Å²) in [6, 6.07) is 0. The Morgan fingerprint density at radius 2 is 0.552 bits per heavy atom. The summed E-state index contributed by atoms with van der Waals surface area (Å²) in [4.78, 5) is 72.4. The first kappa shape index (κ1) is 85.1. The smallest absolute Gasteiger partial charge is 0.462 e. The highest BCUT2D eigenvalue weighted by Gasteiger charge is 2.30. The van der Waals surface area contributed by atoms with Gasteiger partial charge in [-0.25, -0.2) is 9.13 Å². The van der Waals surface area contributed by atoms with E-state index in [-0.39, 0.29) is 25.7 Å². The Kier molecular flexibility index (Phi) is 56.6. The highest BCUT2D eigenvalue weighted by atomic mass is 31.2. The van der Waals surface area contributed by atoms with Crippen molar-refractivity contribution < 1.29 is 80.2 Å². The van der Waals surface area contributed by atoms with Crippen LogP contribution in [0.1, 0.15) is 331 Å². The first-order valence-corrected chi connectivity index (χ1v) is 38.2. The molecule has 3 N–H and O–H groups in total. The van der Waals surface area contributed by atoms with E-state index < -0.39 is 97.5 Å². The molecular weight excluding hydrogens is 1150 g/mol. The van der Waals surface area contributed by atoms with Gasteiger partial charge in [-0.3, -0.25) is 37.3 Å². The Morgan fingerprint density at radius 3 is 0.816 bits per heavy atom. The number of aliphatic hydroxyl groups excluding tert-OH is 1. The van der Waals surface area contributed by atoms with Crippen LogP contribution in [0.25, 0.3) is 0 Å². The molecule has 0 aliphatic rings. The van der Waals surface area contributed by atoms with Crippen LogP contribution in [0.4, 0.5) is 0 Å². The summed E-state index contributed by atoms with van der Waals surface area (Å²) in [5, 5.41) is 10.6. The number of phosphoric ester groups is 2. The zero-order valence-electron chi connectivity index (χ0n) is 56.6. The van der Waals surface area contributed by atoms with Crippen molar-refractivity contribution in [1.29, 1.82) is 0 Å². The third-order valence-corrected chi connectivity index (χ3v) is 17.8. The molecule has 87 heavy (non-hydrogen) atoms. The number of esters is 4. The van der Waals surface area contributed by atoms with Gasteiger partial charge in [0.1, 0.15) is 19.3 Å². The van der Waals surface area contributed by atoms with Crippen LogP contribution in [0.15, 0.2) is 0 Å². The fourth-order valence-corrected chi connectivity index (χ4v) is 11.7. The lowest BCUT2D eigenvalue weighted by Crippen LogP contribution is -2.30. The monoisotopic (exact) mass is 1280 g/mol. The van der Waals surface area contributed by atoms with E-state index in [1.54, 1.807) is 0 Å². The highest BCUT2D eigenvalue weighted by Crippen LogP contribution is 2.45. The largest absolute Gasteiger partial charge is 0.472 e. The molecule has 0 aromatic rings. The van der Waals surface area contributed by atoms with E-state index >= 15 is 0 Å². The number of ether oxygens (including phenoxy) is 4. The molecule has 17 nitrogen and oxygen atoms in total. The maximum atomic E-state index is 13.0. The average Bonchev–Trinajstić information content (AvgIpc) is 3.67. The molecular formula is C68H132O17P2. The number of carbonyl (C=O) groups is 4. The Balaban J connectivity index is 5.27. The number of hydrogen-bond donors (Lipinski definition) is 3. The van der Waals surface area contributed by atoms with Crippen LogP contribution in [0.3, 0.4) is 0 Å². The fraction of sp³-hybridized carbons (Fsp3) is 0.941. The summed E-state index contributed by atoms with van der Waals surface area (Å²) in [6.45, 7) is 14.0. The van der Waals surface area contributed by atoms with Crippen molar-refractivity contribution in [3.05, 3.63) is 0 Å². The zero-order chi connectivity index (χ0) is 64.7. The summed E-state index contributed by atoms with van der Waals surface area (Å²) in [7, 11) is -9.90. The van der Waals surface area contributed by atoms with Crippen molar-refractivity contribution in [3.8, 4) is 0 Å². The van der Waals surface area contributed by atoms with Crippen LogP contribution in [0, 0.1) is 23.7 Å². The van der Waals surface area contributed by atoms with E-state index in [1.165, 1.54) is 128 Å². The quantitative estimate of drug-likeness (QED) is 0.0222. The van der Waals surface area contributed by atoms with Gasteiger partial charge in [-0.05, 0) is 49.4 Å². The summed E-state index contributed by atoms with van der Waals surface area (Å²) in [6.07, 6.45) is 39.0. The summed E-state index contributed by atoms with van der Waals surface area (Å²) in [5.41, 5.74) is 0. The normalized spacial score (nSPS) is 14.6. The number of phosphoric acid groups is 2. The predicted octanol–water partition coefficient (Wildman–Crippen LogP) is 18.9. The molecule has 0 amide bonds. The molecule has 516 valence electrons. The van der Waals surface area contributed by atoms with Crippen LogP contribution in [-0.2, 0) is 65.4 Å². The maximum absolute atomic E-state index is 13.0. The second-order valence-corrected chi connectivity index (χ2v) is 29.1. The molecule has 0 spiro atoms. The first-order valence-electron chi connectivity index (χ1n) is 35.2. The van der Waals surface area contributed by atoms with Crippen LogP contribution in [0.5, 0.6) is 0 Å². The van der Waals surface area contributed by atoms with Crippen LogP contribution in [0.2, 0.25) is 0 Å². The number of carbonyl (C=O) groups excluding carboxylic acids is 4. The minimum atomic E-state index is -4.95. The Morgan fingerprint density at radius 1 is 0.322 bits per heavy atom. The van der Waals surface area contributed by atoms with Crippen LogP contribution < -0.4 is 0 Å². The topological polar surface area (TPSA) is 237 Å². The van der Waals surface area contributed by atoms with Gasteiger partial charge in [0.25, 0.3) is 0 Å². The van der Waals surface area contributed by atoms with E-state index in [2.05, 4.69) is 55.4 Å². The van der Waals surface area contributed by atoms with Gasteiger partial charge in [-0.15, -0.1) is 0 Å². The van der Waals surface area contributed by atoms with Gasteiger partial charge in [-0.1, -0.05) is 280 Å². The second kappa shape index (κ2) is 57.9. The van der Waals surface area contributed by atoms with Gasteiger partial charge >= 0.3 is 39.5 Å². The van der Waals surface area contributed by atoms with Crippen molar-refractivity contribution in [1.82, 2.24) is 0 Å². The number of rotatable bonds is 65. The van der Waals surface area contributed by atoms with Crippen molar-refractivity contribution in [3.63, 3.8) is 0 Å². The molecule has 0 heterocycles. The lowest BCUT2D eigenvalue weighted by Gasteiger charge is -2.21. The Labute approximate surface area is 530 Å². The SMILES string of the molecule is CCC(C)CCCCCCCCC(=O)OC[C@H](COP(=O)(O)OCC(O)COP(=O)(O)OC[C@@H](COC(=O)CCCCCCCCCCC(C)C)OC(=O)CCCCCCCCCCCCC(C)C)OC(=O)CCCCCCCCCCCCC(C)C. The zero-order valence-corrected chi connectivity index (χ0v) is 58.4. The van der Waals surface area contributed by atoms with Gasteiger partial charge in [0, 0.05) is 25.7 Å². The molecule has 19 heteroatoms. The molecule has 0 aliphatic carbocycles. The molecule has 0 saturated carbocycles. The van der Waals surface area contributed by atoms with E-state index in [9.17, 15) is 43.2 Å². The summed E-state index contributed by atoms with van der Waals surface area (Å²) >= 11 is 0. The van der Waals surface area contributed by atoms with E-state index in [0.717, 1.165) is 120 Å². The minimum Gasteiger partial charge on any atom is -0.462 e. The lowest BCUT2D eigenvalue weighted by molar-refractivity contribution is -0.161. The van der Waals surface area contributed by atoms with E-state index in [1.807, 2.05) is 0 Å². The Bertz CT molecular complexity index is 1730. The molecule has 0 rings (SSSR count). The molecule has 6 atom stereocenters. The minimum absolute atomic E-state index is 0.104. The van der Waals surface area contributed by atoms with Crippen LogP contribution >= 0.6 is 15.6 Å². The van der Waals surface area contributed by atoms with Crippen molar-refractivity contribution in [2.75, 3.05) is 39.6 Å². The first-order chi connectivity index (χ1) is 41.6. The number of aliphatic hydroxyl groups is 1. The van der Waals surface area contributed by atoms with Gasteiger partial charge in [0.2, 0.25) is 0 Å². The molecule has 0 radical (unpaired) electrons. The van der Waals surface area contributed by atoms with Crippen molar-refractivity contribution in [2.45, 2.75) is 350 Å². The Hall–Kier alpha value is -1.94. The molecule has 0 fully saturated rings. The second-order valence-electron chi connectivity index (χ2n) is 26.2. The molecule has 0 bridgehead atoms. The lowest BCUT2D eigenvalue weighted by atomic mass is 10.00. The third-order valence-electron chi connectivity index (χ3n) is 15.9. The van der Waals surface area contributed by atoms with E-state index in [4.69, 9.17) is 37.0 Å². The van der Waals surface area contributed by atoms with Gasteiger partial charge in [0.05, 0.1) is 26.4 Å². The van der Waals surface area contributed by atoms with Crippen molar-refractivity contribution >= 4 is 39.5 Å². The molecule has 0 saturated heterocycles. The molecule has 4 unspecified atom stereocenters. The standard InChI is InChI=1S/C68H132O17P2/c1-9-61(8)47-39-31-26-27-33-41-49-66(71)79-55-64(85-68(73)51-43-35-25-17-13-11-15-21-29-37-45-59(4)5)57-83-87(76,77)81-53-62(69)52-80-86(74,75)82-56-63(54-78-65(70)48-40-32-23-19-18-22-30-38-46-60(6)7)84-67(72)50-42-34-24-16-12-10-14-20-28-36-44-58(2)3/h58-64,69H,9-57H2,1-8H3,(H,74,75)(H,76,77)/t61?,62?,63-,64-/m1/s1. The van der Waals surface area contributed by atoms with Gasteiger partial charge < -0.3 is 33.8 Å². The average molecular weight is 1280 g/mol. The van der Waals surface area contributed by atoms with Crippen molar-refractivity contribution in [2.24, 2.45) is 23.7 Å². The highest BCUT2D eigenvalue weighted by molar-refractivity contribution is 7.47. The van der Waals surface area contributed by atoms with Gasteiger partial charge in [0.15, 0.2) is 12.2 Å². The number of unbranched alkanes of at least 4 members (excludes halogenated alkanes) is 30. The van der Waals surface area contributed by atoms with Gasteiger partial charge in [-0.2, -0.15) is 0 Å². The predicted molar refractivity (Wildman–Crippen MR) is 349 cm³/mol.